The third kappa shape index (κ3) is 5.79. The van der Waals surface area contributed by atoms with E-state index in [-0.39, 0.29) is 17.8 Å². The molecule has 1 amide bonds. The first-order valence-electron chi connectivity index (χ1n) is 7.62. The Bertz CT molecular complexity index is 708. The maximum absolute atomic E-state index is 13.4. The van der Waals surface area contributed by atoms with Gasteiger partial charge in [0.25, 0.3) is 11.7 Å². The maximum atomic E-state index is 13.4. The van der Waals surface area contributed by atoms with Gasteiger partial charge in [0.15, 0.2) is 0 Å². The van der Waals surface area contributed by atoms with Gasteiger partial charge in [-0.15, -0.1) is 0 Å². The topological polar surface area (TPSA) is 32.3 Å². The van der Waals surface area contributed by atoms with Crippen molar-refractivity contribution in [2.75, 3.05) is 20.6 Å². The van der Waals surface area contributed by atoms with E-state index in [2.05, 4.69) is 5.32 Å². The Balaban J connectivity index is 2.01. The lowest BCUT2D eigenvalue weighted by molar-refractivity contribution is 0.0942. The molecule has 0 fully saturated rings. The minimum absolute atomic E-state index is 0.187. The Morgan fingerprint density at radius 2 is 1.84 bits per heavy atom. The number of thioether (sulfide) groups is 1. The van der Waals surface area contributed by atoms with Gasteiger partial charge in [-0.25, -0.2) is 4.39 Å². The molecule has 25 heavy (non-hydrogen) atoms. The first kappa shape index (κ1) is 19.3. The number of rotatable bonds is 7. The van der Waals surface area contributed by atoms with Gasteiger partial charge in [0.1, 0.15) is 5.82 Å². The Labute approximate surface area is 149 Å². The number of nitrogens with one attached hydrogen (secondary N) is 1. The molecule has 0 aliphatic rings. The smallest absolute Gasteiger partial charge is 0.288 e. The largest absolute Gasteiger partial charge is 0.350 e. The van der Waals surface area contributed by atoms with Crippen LogP contribution in [0.15, 0.2) is 53.4 Å². The van der Waals surface area contributed by atoms with Crippen LogP contribution in [0.4, 0.5) is 13.2 Å². The molecule has 0 aliphatic heterocycles. The molecule has 134 valence electrons. The Morgan fingerprint density at radius 3 is 2.40 bits per heavy atom. The summed E-state index contributed by atoms with van der Waals surface area (Å²) in [5.41, 5.74) is 1.14. The predicted octanol–water partition coefficient (Wildman–Crippen LogP) is 4.17. The van der Waals surface area contributed by atoms with Gasteiger partial charge in [0, 0.05) is 17.0 Å². The van der Waals surface area contributed by atoms with Crippen molar-refractivity contribution in [3.63, 3.8) is 0 Å². The van der Waals surface area contributed by atoms with Crippen LogP contribution in [0.2, 0.25) is 0 Å². The second kappa shape index (κ2) is 8.92. The van der Waals surface area contributed by atoms with Gasteiger partial charge < -0.3 is 10.2 Å². The van der Waals surface area contributed by atoms with Gasteiger partial charge in [-0.3, -0.25) is 4.79 Å². The highest BCUT2D eigenvalue weighted by Crippen LogP contribution is 2.25. The third-order valence-electron chi connectivity index (χ3n) is 3.65. The molecule has 0 aliphatic carbocycles. The normalized spacial score (nSPS) is 12.4. The zero-order valence-corrected chi connectivity index (χ0v) is 14.7. The number of alkyl halides is 2. The number of amides is 1. The summed E-state index contributed by atoms with van der Waals surface area (Å²) in [5.74, 6) is -3.13. The van der Waals surface area contributed by atoms with Gasteiger partial charge in [-0.1, -0.05) is 23.9 Å². The van der Waals surface area contributed by atoms with Gasteiger partial charge in [-0.05, 0) is 56.1 Å². The number of hydrogen-bond donors (Lipinski definition) is 1. The van der Waals surface area contributed by atoms with Crippen molar-refractivity contribution in [1.82, 2.24) is 10.2 Å². The van der Waals surface area contributed by atoms with Crippen LogP contribution in [0.3, 0.4) is 0 Å². The number of nitrogens with zero attached hydrogens (tertiary/aromatic N) is 1. The van der Waals surface area contributed by atoms with Crippen LogP contribution in [-0.2, 0) is 0 Å². The number of hydrogen-bond acceptors (Lipinski definition) is 3. The molecular formula is C18H19F3N2OS. The average molecular weight is 368 g/mol. The van der Waals surface area contributed by atoms with E-state index in [0.717, 1.165) is 5.56 Å². The molecule has 3 nitrogen and oxygen atoms in total. The standard InChI is InChI=1S/C18H19F3N2OS/c1-23(2)16(13-4-3-5-14(19)10-13)11-22-17(24)12-6-8-15(9-7-12)25-18(20)21/h3-10,16,18H,11H2,1-2H3,(H,22,24)/t16-/m0/s1. The van der Waals surface area contributed by atoms with Crippen LogP contribution >= 0.6 is 11.8 Å². The van der Waals surface area contributed by atoms with E-state index in [1.54, 1.807) is 12.1 Å². The number of carbonyl (C=O) groups excluding carboxylic acids is 1. The molecule has 7 heteroatoms. The quantitative estimate of drug-likeness (QED) is 0.745. The van der Waals surface area contributed by atoms with Crippen molar-refractivity contribution in [3.8, 4) is 0 Å². The fourth-order valence-corrected chi connectivity index (χ4v) is 2.89. The summed E-state index contributed by atoms with van der Waals surface area (Å²) < 4.78 is 38.0. The van der Waals surface area contributed by atoms with Crippen molar-refractivity contribution in [1.29, 1.82) is 0 Å². The Morgan fingerprint density at radius 1 is 1.16 bits per heavy atom. The molecule has 1 atom stereocenters. The molecule has 2 aromatic rings. The van der Waals surface area contributed by atoms with Crippen molar-refractivity contribution in [2.45, 2.75) is 16.7 Å². The van der Waals surface area contributed by atoms with Crippen molar-refractivity contribution >= 4 is 17.7 Å². The van der Waals surface area contributed by atoms with Crippen LogP contribution < -0.4 is 5.32 Å². The van der Waals surface area contributed by atoms with Gasteiger partial charge in [0.2, 0.25) is 0 Å². The highest BCUT2D eigenvalue weighted by molar-refractivity contribution is 7.99. The lowest BCUT2D eigenvalue weighted by Gasteiger charge is -2.25. The molecule has 0 saturated carbocycles. The number of likely N-dealkylation sites (N-methyl/N-ethyl adjacent to an activating group) is 1. The first-order chi connectivity index (χ1) is 11.9. The monoisotopic (exact) mass is 368 g/mol. The van der Waals surface area contributed by atoms with E-state index in [9.17, 15) is 18.0 Å². The van der Waals surface area contributed by atoms with Crippen LogP contribution in [0, 0.1) is 5.82 Å². The van der Waals surface area contributed by atoms with Crippen molar-refractivity contribution < 1.29 is 18.0 Å². The molecule has 2 rings (SSSR count). The SMILES string of the molecule is CN(C)[C@@H](CNC(=O)c1ccc(SC(F)F)cc1)c1cccc(F)c1. The summed E-state index contributed by atoms with van der Waals surface area (Å²) in [4.78, 5) is 14.5. The lowest BCUT2D eigenvalue weighted by atomic mass is 10.1. The summed E-state index contributed by atoms with van der Waals surface area (Å²) in [6.07, 6.45) is 0. The Hall–Kier alpha value is -1.99. The summed E-state index contributed by atoms with van der Waals surface area (Å²) in [7, 11) is 3.69. The fraction of sp³-hybridized carbons (Fsp3) is 0.278. The Kier molecular flexibility index (Phi) is 6.90. The second-order valence-corrected chi connectivity index (χ2v) is 6.71. The van der Waals surface area contributed by atoms with Crippen LogP contribution in [-0.4, -0.2) is 37.2 Å². The minimum Gasteiger partial charge on any atom is -0.350 e. The van der Waals surface area contributed by atoms with Gasteiger partial charge in [-0.2, -0.15) is 8.78 Å². The van der Waals surface area contributed by atoms with E-state index >= 15 is 0 Å². The van der Waals surface area contributed by atoms with E-state index < -0.39 is 5.76 Å². The molecular weight excluding hydrogens is 349 g/mol. The van der Waals surface area contributed by atoms with E-state index in [0.29, 0.717) is 28.8 Å². The van der Waals surface area contributed by atoms with Crippen LogP contribution in [0.25, 0.3) is 0 Å². The van der Waals surface area contributed by atoms with Crippen LogP contribution in [0.1, 0.15) is 22.0 Å². The van der Waals surface area contributed by atoms with E-state index in [4.69, 9.17) is 0 Å². The third-order valence-corrected chi connectivity index (χ3v) is 4.38. The zero-order chi connectivity index (χ0) is 18.4. The summed E-state index contributed by atoms with van der Waals surface area (Å²) >= 11 is 0.432. The average Bonchev–Trinajstić information content (AvgIpc) is 2.54. The van der Waals surface area contributed by atoms with Crippen LogP contribution in [0.5, 0.6) is 0 Å². The molecule has 0 spiro atoms. The molecule has 2 aromatic carbocycles. The molecule has 0 unspecified atom stereocenters. The second-order valence-electron chi connectivity index (χ2n) is 5.65. The molecule has 0 radical (unpaired) electrons. The van der Waals surface area contributed by atoms with Gasteiger partial charge in [0.05, 0.1) is 6.04 Å². The summed E-state index contributed by atoms with van der Waals surface area (Å²) in [6.45, 7) is 0.294. The first-order valence-corrected chi connectivity index (χ1v) is 8.49. The number of carbonyl (C=O) groups is 1. The zero-order valence-electron chi connectivity index (χ0n) is 13.9. The number of benzene rings is 2. The molecule has 0 saturated heterocycles. The number of halogens is 3. The highest BCUT2D eigenvalue weighted by atomic mass is 32.2. The molecule has 0 heterocycles. The summed E-state index contributed by atoms with van der Waals surface area (Å²) in [5, 5.41) is 2.80. The molecule has 0 bridgehead atoms. The minimum atomic E-state index is -2.49. The fourth-order valence-electron chi connectivity index (χ4n) is 2.39. The van der Waals surface area contributed by atoms with E-state index in [1.165, 1.54) is 36.4 Å². The maximum Gasteiger partial charge on any atom is 0.288 e. The van der Waals surface area contributed by atoms with Crippen molar-refractivity contribution in [2.24, 2.45) is 0 Å². The van der Waals surface area contributed by atoms with Gasteiger partial charge >= 0.3 is 0 Å². The van der Waals surface area contributed by atoms with E-state index in [1.807, 2.05) is 19.0 Å². The lowest BCUT2D eigenvalue weighted by Crippen LogP contribution is -2.34. The molecule has 1 N–H and O–H groups in total. The summed E-state index contributed by atoms with van der Waals surface area (Å²) in [6, 6.07) is 12.0. The highest BCUT2D eigenvalue weighted by Gasteiger charge is 2.16. The molecule has 0 aromatic heterocycles. The predicted molar refractivity (Wildman–Crippen MR) is 93.5 cm³/mol. The van der Waals surface area contributed by atoms with Crippen molar-refractivity contribution in [3.05, 3.63) is 65.5 Å².